The summed E-state index contributed by atoms with van der Waals surface area (Å²) in [7, 11) is 0. The molecule has 0 saturated carbocycles. The van der Waals surface area contributed by atoms with Crippen LogP contribution in [0, 0.1) is 0 Å². The summed E-state index contributed by atoms with van der Waals surface area (Å²) in [5.74, 6) is 0.213. The molecule has 4 nitrogen and oxygen atoms in total. The van der Waals surface area contributed by atoms with Crippen LogP contribution in [0.4, 0.5) is 0 Å². The maximum absolute atomic E-state index is 12.4. The third-order valence-electron chi connectivity index (χ3n) is 4.05. The third-order valence-corrected chi connectivity index (χ3v) is 5.02. The number of likely N-dealkylation sites (tertiary alicyclic amines) is 2. The Morgan fingerprint density at radius 1 is 1.42 bits per heavy atom. The standard InChI is InChI=1S/C14H20N2O2S/c17-11-5-7-15(9-11)10-14(18)16-6-1-3-12(16)13-4-2-8-19-13/h2,4,8,11-12,17H,1,3,5-7,9-10H2/t11-,12?/m0/s1. The van der Waals surface area contributed by atoms with E-state index in [2.05, 4.69) is 22.4 Å². The number of carbonyl (C=O) groups is 1. The molecule has 2 aliphatic rings. The van der Waals surface area contributed by atoms with Gasteiger partial charge in [0.2, 0.25) is 5.91 Å². The second kappa shape index (κ2) is 5.61. The number of rotatable bonds is 3. The topological polar surface area (TPSA) is 43.8 Å². The fourth-order valence-electron chi connectivity index (χ4n) is 3.08. The summed E-state index contributed by atoms with van der Waals surface area (Å²) in [6, 6.07) is 4.46. The third kappa shape index (κ3) is 2.83. The molecule has 3 rings (SSSR count). The second-order valence-corrected chi connectivity index (χ2v) is 6.42. The summed E-state index contributed by atoms with van der Waals surface area (Å²) in [4.78, 5) is 17.8. The lowest BCUT2D eigenvalue weighted by molar-refractivity contribution is -0.133. The molecule has 2 atom stereocenters. The van der Waals surface area contributed by atoms with Crippen LogP contribution >= 0.6 is 11.3 Å². The fraction of sp³-hybridized carbons (Fsp3) is 0.643. The normalized spacial score (nSPS) is 28.2. The van der Waals surface area contributed by atoms with E-state index in [1.165, 1.54) is 4.88 Å². The van der Waals surface area contributed by atoms with Gasteiger partial charge in [-0.1, -0.05) is 6.07 Å². The van der Waals surface area contributed by atoms with E-state index in [1.807, 2.05) is 4.90 Å². The van der Waals surface area contributed by atoms with Crippen molar-refractivity contribution in [1.29, 1.82) is 0 Å². The summed E-state index contributed by atoms with van der Waals surface area (Å²) in [5, 5.41) is 11.6. The van der Waals surface area contributed by atoms with Crippen molar-refractivity contribution in [2.45, 2.75) is 31.4 Å². The Morgan fingerprint density at radius 2 is 2.32 bits per heavy atom. The van der Waals surface area contributed by atoms with E-state index < -0.39 is 0 Å². The van der Waals surface area contributed by atoms with Gasteiger partial charge >= 0.3 is 0 Å². The van der Waals surface area contributed by atoms with E-state index in [4.69, 9.17) is 0 Å². The maximum Gasteiger partial charge on any atom is 0.237 e. The van der Waals surface area contributed by atoms with Crippen molar-refractivity contribution < 1.29 is 9.90 Å². The molecule has 0 spiro atoms. The Labute approximate surface area is 117 Å². The smallest absolute Gasteiger partial charge is 0.237 e. The SMILES string of the molecule is O=C(CN1CC[C@H](O)C1)N1CCCC1c1cccs1. The van der Waals surface area contributed by atoms with Crippen molar-refractivity contribution in [3.8, 4) is 0 Å². The molecule has 0 bridgehead atoms. The molecule has 2 fully saturated rings. The molecular weight excluding hydrogens is 260 g/mol. The molecule has 5 heteroatoms. The summed E-state index contributed by atoms with van der Waals surface area (Å²) >= 11 is 1.74. The molecule has 19 heavy (non-hydrogen) atoms. The lowest BCUT2D eigenvalue weighted by atomic mass is 10.2. The number of nitrogens with zero attached hydrogens (tertiary/aromatic N) is 2. The van der Waals surface area contributed by atoms with Gasteiger partial charge < -0.3 is 10.0 Å². The van der Waals surface area contributed by atoms with Crippen molar-refractivity contribution in [1.82, 2.24) is 9.80 Å². The van der Waals surface area contributed by atoms with Crippen LogP contribution in [0.5, 0.6) is 0 Å². The molecule has 2 aliphatic heterocycles. The van der Waals surface area contributed by atoms with Gasteiger partial charge in [0.05, 0.1) is 18.7 Å². The second-order valence-electron chi connectivity index (χ2n) is 5.44. The highest BCUT2D eigenvalue weighted by atomic mass is 32.1. The number of β-amino-alcohol motifs (C(OH)–C–C–N with tert-alkyl or cyclic N) is 1. The summed E-state index contributed by atoms with van der Waals surface area (Å²) in [6.07, 6.45) is 2.72. The van der Waals surface area contributed by atoms with Crippen molar-refractivity contribution >= 4 is 17.2 Å². The zero-order chi connectivity index (χ0) is 13.2. The van der Waals surface area contributed by atoms with Gasteiger partial charge in [-0.25, -0.2) is 0 Å². The average molecular weight is 280 g/mol. The highest BCUT2D eigenvalue weighted by Crippen LogP contribution is 2.34. The van der Waals surface area contributed by atoms with E-state index in [1.54, 1.807) is 11.3 Å². The quantitative estimate of drug-likeness (QED) is 0.912. The first-order valence-electron chi connectivity index (χ1n) is 6.97. The summed E-state index contributed by atoms with van der Waals surface area (Å²) in [5.41, 5.74) is 0. The first kappa shape index (κ1) is 13.1. The zero-order valence-corrected chi connectivity index (χ0v) is 11.8. The van der Waals surface area contributed by atoms with Crippen molar-refractivity contribution in [3.63, 3.8) is 0 Å². The molecule has 1 amide bonds. The molecule has 1 unspecified atom stereocenters. The highest BCUT2D eigenvalue weighted by Gasteiger charge is 2.32. The van der Waals surface area contributed by atoms with Gasteiger partial charge in [0.15, 0.2) is 0 Å². The van der Waals surface area contributed by atoms with Gasteiger partial charge in [-0.15, -0.1) is 11.3 Å². The number of hydrogen-bond acceptors (Lipinski definition) is 4. The Kier molecular flexibility index (Phi) is 3.86. The zero-order valence-electron chi connectivity index (χ0n) is 11.0. The predicted octanol–water partition coefficient (Wildman–Crippen LogP) is 1.48. The molecule has 1 aromatic heterocycles. The molecule has 2 saturated heterocycles. The average Bonchev–Trinajstić information content (AvgIpc) is 3.07. The number of carbonyl (C=O) groups excluding carboxylic acids is 1. The Hall–Kier alpha value is -0.910. The van der Waals surface area contributed by atoms with Gasteiger partial charge in [0.1, 0.15) is 0 Å². The van der Waals surface area contributed by atoms with Crippen molar-refractivity contribution in [3.05, 3.63) is 22.4 Å². The summed E-state index contributed by atoms with van der Waals surface area (Å²) < 4.78 is 0. The van der Waals surface area contributed by atoms with Gasteiger partial charge in [-0.2, -0.15) is 0 Å². The number of amides is 1. The van der Waals surface area contributed by atoms with E-state index in [0.29, 0.717) is 13.1 Å². The number of thiophene rings is 1. The van der Waals surface area contributed by atoms with Gasteiger partial charge in [-0.3, -0.25) is 9.69 Å². The van der Waals surface area contributed by atoms with Crippen LogP contribution in [0.3, 0.4) is 0 Å². The Bertz CT molecular complexity index is 435. The van der Waals surface area contributed by atoms with Gasteiger partial charge in [0, 0.05) is 24.5 Å². The Morgan fingerprint density at radius 3 is 3.00 bits per heavy atom. The van der Waals surface area contributed by atoms with Crippen molar-refractivity contribution in [2.75, 3.05) is 26.2 Å². The predicted molar refractivity (Wildman–Crippen MR) is 75.1 cm³/mol. The number of aliphatic hydroxyl groups excluding tert-OH is 1. The van der Waals surface area contributed by atoms with Crippen LogP contribution < -0.4 is 0 Å². The minimum absolute atomic E-state index is 0.213. The molecule has 104 valence electrons. The van der Waals surface area contributed by atoms with E-state index in [-0.39, 0.29) is 18.1 Å². The highest BCUT2D eigenvalue weighted by molar-refractivity contribution is 7.10. The van der Waals surface area contributed by atoms with Gasteiger partial charge in [0.25, 0.3) is 0 Å². The van der Waals surface area contributed by atoms with Crippen LogP contribution in [-0.2, 0) is 4.79 Å². The van der Waals surface area contributed by atoms with E-state index >= 15 is 0 Å². The molecule has 1 N–H and O–H groups in total. The molecule has 1 aromatic rings. The van der Waals surface area contributed by atoms with Gasteiger partial charge in [-0.05, 0) is 30.7 Å². The molecule has 0 radical (unpaired) electrons. The molecular formula is C14H20N2O2S. The lowest BCUT2D eigenvalue weighted by Crippen LogP contribution is -2.39. The minimum atomic E-state index is -0.250. The fourth-order valence-corrected chi connectivity index (χ4v) is 3.95. The van der Waals surface area contributed by atoms with Crippen LogP contribution in [0.1, 0.15) is 30.2 Å². The van der Waals surface area contributed by atoms with Crippen LogP contribution in [-0.4, -0.2) is 53.1 Å². The first-order valence-corrected chi connectivity index (χ1v) is 7.85. The van der Waals surface area contributed by atoms with E-state index in [0.717, 1.165) is 32.4 Å². The lowest BCUT2D eigenvalue weighted by Gasteiger charge is -2.26. The number of aliphatic hydroxyl groups is 1. The van der Waals surface area contributed by atoms with Crippen molar-refractivity contribution in [2.24, 2.45) is 0 Å². The monoisotopic (exact) mass is 280 g/mol. The van der Waals surface area contributed by atoms with Crippen LogP contribution in [0.2, 0.25) is 0 Å². The number of hydrogen-bond donors (Lipinski definition) is 1. The minimum Gasteiger partial charge on any atom is -0.392 e. The first-order chi connectivity index (χ1) is 9.24. The Balaban J connectivity index is 1.62. The molecule has 0 aromatic carbocycles. The molecule has 0 aliphatic carbocycles. The van der Waals surface area contributed by atoms with E-state index in [9.17, 15) is 9.90 Å². The van der Waals surface area contributed by atoms with Crippen LogP contribution in [0.25, 0.3) is 0 Å². The molecule has 3 heterocycles. The summed E-state index contributed by atoms with van der Waals surface area (Å²) in [6.45, 7) is 2.81. The van der Waals surface area contributed by atoms with Crippen LogP contribution in [0.15, 0.2) is 17.5 Å². The maximum atomic E-state index is 12.4. The largest absolute Gasteiger partial charge is 0.392 e.